The molecule has 27 heteroatoms. The Kier molecular flexibility index (Phi) is 17.3. The fourth-order valence-electron chi connectivity index (χ4n) is 7.30. The lowest BCUT2D eigenvalue weighted by Gasteiger charge is -2.24. The highest BCUT2D eigenvalue weighted by Crippen LogP contribution is 2.25. The van der Waals surface area contributed by atoms with E-state index in [1.807, 2.05) is 0 Å². The molecule has 3 aromatic heterocycles. The molecule has 5 aromatic rings. The van der Waals surface area contributed by atoms with Crippen LogP contribution in [0.1, 0.15) is 85.7 Å². The van der Waals surface area contributed by atoms with Crippen molar-refractivity contribution in [3.63, 3.8) is 0 Å². The number of benzene rings is 2. The molecule has 3 atom stereocenters. The van der Waals surface area contributed by atoms with Gasteiger partial charge in [0.25, 0.3) is 23.6 Å². The molecule has 0 saturated carbocycles. The Morgan fingerprint density at radius 3 is 2.24 bits per heavy atom. The van der Waals surface area contributed by atoms with Gasteiger partial charge < -0.3 is 54.2 Å². The van der Waals surface area contributed by atoms with Crippen molar-refractivity contribution in [3.05, 3.63) is 71.6 Å². The summed E-state index contributed by atoms with van der Waals surface area (Å²) in [5.41, 5.74) is 19.9. The van der Waals surface area contributed by atoms with E-state index < -0.39 is 47.7 Å². The molecule has 0 aliphatic carbocycles. The molecule has 6 rings (SSSR count). The van der Waals surface area contributed by atoms with E-state index in [0.717, 1.165) is 4.90 Å². The van der Waals surface area contributed by atoms with Gasteiger partial charge >= 0.3 is 5.97 Å². The molecule has 0 bridgehead atoms. The monoisotopic (exact) mass is 990 g/mol. The number of nitrogen functional groups attached to an aromatic ring is 3. The minimum atomic E-state index is -1.33. The van der Waals surface area contributed by atoms with Crippen molar-refractivity contribution in [1.29, 1.82) is 0 Å². The lowest BCUT2D eigenvalue weighted by molar-refractivity contribution is -0.139. The van der Waals surface area contributed by atoms with E-state index in [1.54, 1.807) is 19.9 Å². The highest BCUT2D eigenvalue weighted by Gasteiger charge is 2.28. The summed E-state index contributed by atoms with van der Waals surface area (Å²) in [6, 6.07) is 5.48. The molecular formula is C45H54N18O9. The van der Waals surface area contributed by atoms with Crippen LogP contribution in [0.25, 0.3) is 22.6 Å². The fraction of sp³-hybridized carbons (Fsp3) is 0.356. The van der Waals surface area contributed by atoms with Crippen LogP contribution in [0.3, 0.4) is 0 Å². The molecule has 0 unspecified atom stereocenters. The first-order valence-electron chi connectivity index (χ1n) is 22.7. The Balaban J connectivity index is 0.964. The molecule has 1 aliphatic rings. The van der Waals surface area contributed by atoms with Crippen molar-refractivity contribution in [2.75, 3.05) is 40.9 Å². The van der Waals surface area contributed by atoms with Crippen molar-refractivity contribution >= 4 is 87.3 Å². The number of carbonyl (C=O) groups is 8. The van der Waals surface area contributed by atoms with Crippen molar-refractivity contribution in [1.82, 2.24) is 66.7 Å². The second-order valence-electron chi connectivity index (χ2n) is 16.9. The normalized spacial score (nSPS) is 13.4. The first-order valence-corrected chi connectivity index (χ1v) is 22.7. The second kappa shape index (κ2) is 23.9. The van der Waals surface area contributed by atoms with Crippen molar-refractivity contribution in [2.45, 2.75) is 84.0 Å². The largest absolute Gasteiger partial charge is 0.480 e. The van der Waals surface area contributed by atoms with Crippen LogP contribution >= 0.6 is 0 Å². The molecule has 27 nitrogen and oxygen atoms in total. The van der Waals surface area contributed by atoms with Gasteiger partial charge in [-0.05, 0) is 80.1 Å². The maximum atomic E-state index is 13.5. The average Bonchev–Trinajstić information content (AvgIpc) is 3.99. The summed E-state index contributed by atoms with van der Waals surface area (Å²) >= 11 is 0. The summed E-state index contributed by atoms with van der Waals surface area (Å²) in [6.07, 6.45) is 5.66. The van der Waals surface area contributed by atoms with E-state index in [-0.39, 0.29) is 119 Å². The Hall–Kier alpha value is -9.17. The van der Waals surface area contributed by atoms with Crippen LogP contribution in [0.5, 0.6) is 0 Å². The second-order valence-corrected chi connectivity index (χ2v) is 16.9. The van der Waals surface area contributed by atoms with E-state index in [0.29, 0.717) is 30.6 Å². The summed E-state index contributed by atoms with van der Waals surface area (Å²) in [7, 11) is 0. The number of anilines is 5. The highest BCUT2D eigenvalue weighted by molar-refractivity contribution is 6.13. The number of hydrogen-bond donors (Lipinski definition) is 11. The van der Waals surface area contributed by atoms with Gasteiger partial charge in [-0.3, -0.25) is 38.5 Å². The van der Waals surface area contributed by atoms with E-state index >= 15 is 0 Å². The van der Waals surface area contributed by atoms with Crippen LogP contribution in [0, 0.1) is 5.92 Å². The summed E-state index contributed by atoms with van der Waals surface area (Å²) < 4.78 is 0. The summed E-state index contributed by atoms with van der Waals surface area (Å²) in [5, 5.41) is 40.1. The number of carboxylic acid groups (broad SMARTS) is 1. The zero-order valence-corrected chi connectivity index (χ0v) is 39.4. The number of carbonyl (C=O) groups excluding carboxylic acids is 7. The summed E-state index contributed by atoms with van der Waals surface area (Å²) in [6.45, 7) is 5.40. The Labute approximate surface area is 410 Å². The van der Waals surface area contributed by atoms with Crippen LogP contribution in [0.15, 0.2) is 54.7 Å². The number of imide groups is 1. The number of H-pyrrole nitrogens is 1. The quantitative estimate of drug-likeness (QED) is 0.0227. The Bertz CT molecular complexity index is 2870. The predicted octanol–water partition coefficient (Wildman–Crippen LogP) is 0.421. The molecule has 0 saturated heterocycles. The van der Waals surface area contributed by atoms with Crippen LogP contribution in [-0.2, 0) is 35.3 Å². The molecular weight excluding hydrogens is 937 g/mol. The van der Waals surface area contributed by atoms with Crippen LogP contribution < -0.4 is 49.1 Å². The van der Waals surface area contributed by atoms with E-state index in [1.165, 1.54) is 55.6 Å². The molecule has 72 heavy (non-hydrogen) atoms. The minimum absolute atomic E-state index is 0.00124. The molecule has 4 heterocycles. The van der Waals surface area contributed by atoms with Crippen LogP contribution in [-0.4, -0.2) is 129 Å². The molecule has 7 amide bonds. The maximum Gasteiger partial charge on any atom is 0.326 e. The summed E-state index contributed by atoms with van der Waals surface area (Å²) in [5.74, 6) is -5.18. The van der Waals surface area contributed by atoms with Gasteiger partial charge in [0, 0.05) is 54.3 Å². The molecule has 378 valence electrons. The number of tetrazole rings is 1. The topological polar surface area (TPSA) is 416 Å². The fourth-order valence-corrected chi connectivity index (χ4v) is 7.30. The predicted molar refractivity (Wildman–Crippen MR) is 260 cm³/mol. The number of nitrogens with two attached hydrogens (primary N) is 3. The first kappa shape index (κ1) is 52.2. The van der Waals surface area contributed by atoms with E-state index in [2.05, 4.69) is 72.5 Å². The number of amides is 7. The number of carboxylic acids is 1. The molecule has 0 fully saturated rings. The van der Waals surface area contributed by atoms with Crippen LogP contribution in [0.2, 0.25) is 0 Å². The van der Waals surface area contributed by atoms with Gasteiger partial charge in [-0.1, -0.05) is 20.3 Å². The van der Waals surface area contributed by atoms with Crippen LogP contribution in [0.4, 0.5) is 28.8 Å². The third kappa shape index (κ3) is 13.8. The molecule has 0 spiro atoms. The zero-order valence-electron chi connectivity index (χ0n) is 39.4. The maximum absolute atomic E-state index is 13.5. The highest BCUT2D eigenvalue weighted by atomic mass is 16.4. The van der Waals surface area contributed by atoms with E-state index in [9.17, 15) is 43.5 Å². The Morgan fingerprint density at radius 2 is 1.54 bits per heavy atom. The van der Waals surface area contributed by atoms with E-state index in [4.69, 9.17) is 17.2 Å². The standard InChI is InChI=1S/C45H54N18O9/c1-22(2)35(56-32(64)9-5-4-6-17-63-33(65)14-15-34(63)66)43(70)52-23(3)40(67)54-25-11-12-27(29(18-25)38-59-61-62-60-38)41(68)49-16-7-8-31(44(71)72)55-42(69)28-13-10-24(19-30(28)46)50-20-26-21-51-39-36(53-26)37(47)57-45(48)58-39/h10-15,18-19,21-23,31,35,50H,4-9,16-17,20,46H2,1-3H3,(H,49,68)(H,52,70)(H,54,67)(H,55,69)(H,56,64)(H,71,72)(H,59,60,61,62)(H4,47,48,51,57,58)/t23-,31-,35-/m0/s1. The number of unbranched alkanes of at least 4 members (excludes halogenated alkanes) is 2. The Morgan fingerprint density at radius 1 is 0.806 bits per heavy atom. The number of aromatic amines is 1. The lowest BCUT2D eigenvalue weighted by atomic mass is 10.0. The van der Waals surface area contributed by atoms with Gasteiger partial charge in [-0.2, -0.15) is 15.2 Å². The third-order valence-corrected chi connectivity index (χ3v) is 11.2. The van der Waals surface area contributed by atoms with Gasteiger partial charge in [0.1, 0.15) is 18.1 Å². The molecule has 14 N–H and O–H groups in total. The number of hydrogen-bond acceptors (Lipinski definition) is 19. The molecule has 0 radical (unpaired) electrons. The number of rotatable bonds is 24. The average molecular weight is 991 g/mol. The molecule has 1 aliphatic heterocycles. The van der Waals surface area contributed by atoms with Gasteiger partial charge in [0.2, 0.25) is 29.5 Å². The van der Waals surface area contributed by atoms with Gasteiger partial charge in [0.15, 0.2) is 17.0 Å². The van der Waals surface area contributed by atoms with Crippen molar-refractivity contribution in [2.24, 2.45) is 5.92 Å². The van der Waals surface area contributed by atoms with Gasteiger partial charge in [0.05, 0.1) is 29.6 Å². The van der Waals surface area contributed by atoms with Crippen molar-refractivity contribution in [3.8, 4) is 11.4 Å². The SMILES string of the molecule is CC(C)[C@H](NC(=O)CCCCCN1C(=O)C=CC1=O)C(=O)N[C@@H](C)C(=O)Nc1ccc(C(=O)NCCC[C@H](NC(=O)c2ccc(NCc3cnc4nc(N)nc(N)c4n3)cc2N)C(=O)O)c(-c2nn[nH]n2)c1. The number of aliphatic carboxylic acids is 1. The molecule has 2 aromatic carbocycles. The van der Waals surface area contributed by atoms with Gasteiger partial charge in [-0.25, -0.2) is 14.8 Å². The third-order valence-electron chi connectivity index (χ3n) is 11.2. The van der Waals surface area contributed by atoms with Gasteiger partial charge in [-0.15, -0.1) is 10.2 Å². The zero-order chi connectivity index (χ0) is 52.1. The number of nitrogens with one attached hydrogen (secondary N) is 7. The smallest absolute Gasteiger partial charge is 0.326 e. The van der Waals surface area contributed by atoms with Crippen molar-refractivity contribution < 1.29 is 43.5 Å². The lowest BCUT2D eigenvalue weighted by Crippen LogP contribution is -2.53. The number of aromatic nitrogens is 8. The summed E-state index contributed by atoms with van der Waals surface area (Å²) in [4.78, 5) is 119. The number of fused-ring (bicyclic) bond motifs is 1. The number of nitrogens with zero attached hydrogens (tertiary/aromatic N) is 8. The first-order chi connectivity index (χ1) is 34.4. The minimum Gasteiger partial charge on any atom is -0.480 e.